The number of primary amides is 1. The van der Waals surface area contributed by atoms with Crippen molar-refractivity contribution >= 4 is 34.2 Å². The van der Waals surface area contributed by atoms with Crippen LogP contribution in [-0.4, -0.2) is 16.3 Å². The number of benzene rings is 2. The minimum atomic E-state index is -0.489. The highest BCUT2D eigenvalue weighted by molar-refractivity contribution is 6.31. The molecule has 0 saturated carbocycles. The van der Waals surface area contributed by atoms with Crippen LogP contribution in [0, 0.1) is 5.92 Å². The van der Waals surface area contributed by atoms with Crippen molar-refractivity contribution < 1.29 is 9.59 Å². The second-order valence-corrected chi connectivity index (χ2v) is 7.38. The highest BCUT2D eigenvalue weighted by atomic mass is 35.5. The minimum absolute atomic E-state index is 0.0987. The fraction of sp³-hybridized carbons (Fsp3) is 0.273. The lowest BCUT2D eigenvalue weighted by molar-refractivity contribution is 0.0939. The summed E-state index contributed by atoms with van der Waals surface area (Å²) >= 11 is 6.37. The van der Waals surface area contributed by atoms with Crippen LogP contribution in [0.5, 0.6) is 0 Å². The third-order valence-electron chi connectivity index (χ3n) is 4.85. The van der Waals surface area contributed by atoms with E-state index in [4.69, 9.17) is 17.3 Å². The van der Waals surface area contributed by atoms with Gasteiger partial charge in [0.2, 0.25) is 5.91 Å². The van der Waals surface area contributed by atoms with Crippen LogP contribution in [0.1, 0.15) is 52.7 Å². The second kappa shape index (κ2) is 7.57. The molecule has 1 heterocycles. The first kappa shape index (κ1) is 19.2. The van der Waals surface area contributed by atoms with Crippen molar-refractivity contribution in [3.05, 3.63) is 69.9 Å². The Morgan fingerprint density at radius 1 is 1.15 bits per heavy atom. The summed E-state index contributed by atoms with van der Waals surface area (Å²) in [7, 11) is 0. The number of aromatic nitrogens is 1. The Kier molecular flexibility index (Phi) is 5.38. The minimum Gasteiger partial charge on any atom is -0.366 e. The van der Waals surface area contributed by atoms with Gasteiger partial charge in [0.1, 0.15) is 0 Å². The molecule has 0 unspecified atom stereocenters. The summed E-state index contributed by atoms with van der Waals surface area (Å²) in [5.41, 5.74) is 9.36. The summed E-state index contributed by atoms with van der Waals surface area (Å²) < 4.78 is 2.08. The van der Waals surface area contributed by atoms with Gasteiger partial charge in [-0.25, -0.2) is 0 Å². The van der Waals surface area contributed by atoms with E-state index in [2.05, 4.69) is 4.57 Å². The Hall–Kier alpha value is -2.59. The van der Waals surface area contributed by atoms with Gasteiger partial charge in [0.15, 0.2) is 5.78 Å². The average Bonchev–Trinajstić information content (AvgIpc) is 2.95. The topological polar surface area (TPSA) is 65.1 Å². The highest BCUT2D eigenvalue weighted by Gasteiger charge is 2.24. The Bertz CT molecular complexity index is 1030. The van der Waals surface area contributed by atoms with E-state index in [1.807, 2.05) is 51.1 Å². The van der Waals surface area contributed by atoms with Gasteiger partial charge in [-0.2, -0.15) is 0 Å². The number of ketones is 1. The lowest BCUT2D eigenvalue weighted by Gasteiger charge is -2.13. The molecule has 4 nitrogen and oxygen atoms in total. The van der Waals surface area contributed by atoms with Gasteiger partial charge >= 0.3 is 0 Å². The summed E-state index contributed by atoms with van der Waals surface area (Å²) in [5, 5.41) is 1.52. The van der Waals surface area contributed by atoms with Crippen molar-refractivity contribution in [2.45, 2.75) is 33.7 Å². The molecule has 0 fully saturated rings. The molecule has 27 heavy (non-hydrogen) atoms. The predicted octanol–water partition coefficient (Wildman–Crippen LogP) is 4.84. The Balaban J connectivity index is 2.32. The van der Waals surface area contributed by atoms with Crippen molar-refractivity contribution in [3.8, 4) is 0 Å². The third kappa shape index (κ3) is 3.50. The van der Waals surface area contributed by atoms with Crippen molar-refractivity contribution in [1.29, 1.82) is 0 Å². The van der Waals surface area contributed by atoms with Crippen molar-refractivity contribution in [2.75, 3.05) is 0 Å². The molecule has 0 aliphatic heterocycles. The van der Waals surface area contributed by atoms with Crippen molar-refractivity contribution in [1.82, 2.24) is 4.57 Å². The zero-order valence-corrected chi connectivity index (χ0v) is 16.5. The van der Waals surface area contributed by atoms with Crippen LogP contribution in [-0.2, 0) is 13.0 Å². The number of carbonyl (C=O) groups is 2. The number of rotatable bonds is 6. The summed E-state index contributed by atoms with van der Waals surface area (Å²) in [6, 6.07) is 12.9. The van der Waals surface area contributed by atoms with E-state index in [-0.39, 0.29) is 11.7 Å². The van der Waals surface area contributed by atoms with E-state index in [9.17, 15) is 9.59 Å². The van der Waals surface area contributed by atoms with Gasteiger partial charge in [-0.05, 0) is 30.2 Å². The molecule has 0 atom stereocenters. The molecule has 0 aliphatic rings. The summed E-state index contributed by atoms with van der Waals surface area (Å²) in [6.45, 7) is 6.35. The van der Waals surface area contributed by atoms with Gasteiger partial charge in [-0.1, -0.05) is 56.6 Å². The lowest BCUT2D eigenvalue weighted by Crippen LogP contribution is -2.12. The standard InChI is InChI=1S/C22H23ClN2O2/c1-4-18-20(21(26)13(2)3)16-10-9-14(22(24)27)11-19(16)25(18)12-15-7-5-6-8-17(15)23/h5-11,13H,4,12H2,1-3H3,(H2,24,27). The van der Waals surface area contributed by atoms with Gasteiger partial charge in [-0.15, -0.1) is 0 Å². The molecule has 2 aromatic carbocycles. The maximum Gasteiger partial charge on any atom is 0.248 e. The third-order valence-corrected chi connectivity index (χ3v) is 5.22. The van der Waals surface area contributed by atoms with E-state index in [0.29, 0.717) is 23.6 Å². The summed E-state index contributed by atoms with van der Waals surface area (Å²) in [6.07, 6.45) is 0.693. The predicted molar refractivity (Wildman–Crippen MR) is 110 cm³/mol. The zero-order valence-electron chi connectivity index (χ0n) is 15.8. The van der Waals surface area contributed by atoms with E-state index < -0.39 is 5.91 Å². The zero-order chi connectivity index (χ0) is 19.7. The monoisotopic (exact) mass is 382 g/mol. The molecule has 1 aromatic heterocycles. The molecule has 0 spiro atoms. The molecule has 0 radical (unpaired) electrons. The molecule has 5 heteroatoms. The smallest absolute Gasteiger partial charge is 0.248 e. The first-order valence-electron chi connectivity index (χ1n) is 9.07. The lowest BCUT2D eigenvalue weighted by atomic mass is 9.97. The van der Waals surface area contributed by atoms with Gasteiger partial charge in [-0.3, -0.25) is 9.59 Å². The van der Waals surface area contributed by atoms with Crippen molar-refractivity contribution in [3.63, 3.8) is 0 Å². The number of nitrogens with zero attached hydrogens (tertiary/aromatic N) is 1. The quantitative estimate of drug-likeness (QED) is 0.619. The van der Waals surface area contributed by atoms with Gasteiger partial charge in [0, 0.05) is 39.7 Å². The second-order valence-electron chi connectivity index (χ2n) is 6.97. The fourth-order valence-electron chi connectivity index (χ4n) is 3.46. The molecule has 0 saturated heterocycles. The SMILES string of the molecule is CCc1c(C(=O)C(C)C)c2ccc(C(N)=O)cc2n1Cc1ccccc1Cl. The first-order valence-corrected chi connectivity index (χ1v) is 9.45. The van der Waals surface area contributed by atoms with Gasteiger partial charge in [0.05, 0.1) is 5.52 Å². The van der Waals surface area contributed by atoms with Gasteiger partial charge < -0.3 is 10.3 Å². The van der Waals surface area contributed by atoms with Crippen LogP contribution in [0.4, 0.5) is 0 Å². The Labute approximate surface area is 163 Å². The molecular weight excluding hydrogens is 360 g/mol. The number of carbonyl (C=O) groups excluding carboxylic acids is 2. The van der Waals surface area contributed by atoms with Crippen LogP contribution in [0.3, 0.4) is 0 Å². The summed E-state index contributed by atoms with van der Waals surface area (Å²) in [5.74, 6) is -0.510. The molecule has 0 aliphatic carbocycles. The van der Waals surface area contributed by atoms with E-state index >= 15 is 0 Å². The van der Waals surface area contributed by atoms with E-state index in [1.165, 1.54) is 0 Å². The molecule has 3 aromatic rings. The van der Waals surface area contributed by atoms with E-state index in [1.54, 1.807) is 12.1 Å². The Morgan fingerprint density at radius 3 is 2.44 bits per heavy atom. The molecule has 2 N–H and O–H groups in total. The van der Waals surface area contributed by atoms with E-state index in [0.717, 1.165) is 27.7 Å². The van der Waals surface area contributed by atoms with Crippen LogP contribution in [0.15, 0.2) is 42.5 Å². The Morgan fingerprint density at radius 2 is 1.85 bits per heavy atom. The fourth-order valence-corrected chi connectivity index (χ4v) is 3.66. The molecule has 140 valence electrons. The number of hydrogen-bond acceptors (Lipinski definition) is 2. The molecule has 1 amide bonds. The maximum absolute atomic E-state index is 13.0. The van der Waals surface area contributed by atoms with Crippen molar-refractivity contribution in [2.24, 2.45) is 11.7 Å². The van der Waals surface area contributed by atoms with Crippen LogP contribution in [0.2, 0.25) is 5.02 Å². The number of halogens is 1. The van der Waals surface area contributed by atoms with Crippen LogP contribution < -0.4 is 5.73 Å². The average molecular weight is 383 g/mol. The number of fused-ring (bicyclic) bond motifs is 1. The highest BCUT2D eigenvalue weighted by Crippen LogP contribution is 2.31. The number of nitrogens with two attached hydrogens (primary N) is 1. The number of Topliss-reactive ketones (excluding diaryl/α,β-unsaturated/α-hetero) is 1. The first-order chi connectivity index (χ1) is 12.8. The molecule has 0 bridgehead atoms. The van der Waals surface area contributed by atoms with Gasteiger partial charge in [0.25, 0.3) is 0 Å². The summed E-state index contributed by atoms with van der Waals surface area (Å²) in [4.78, 5) is 24.7. The van der Waals surface area contributed by atoms with Crippen LogP contribution in [0.25, 0.3) is 10.9 Å². The number of hydrogen-bond donors (Lipinski definition) is 1. The molecule has 3 rings (SSSR count). The number of amides is 1. The van der Waals surface area contributed by atoms with Crippen LogP contribution >= 0.6 is 11.6 Å². The maximum atomic E-state index is 13.0. The largest absolute Gasteiger partial charge is 0.366 e. The normalized spacial score (nSPS) is 11.3. The molecular formula is C22H23ClN2O2.